The third-order valence-corrected chi connectivity index (χ3v) is 5.25. The molecule has 186 valence electrons. The maximum atomic E-state index is 13.0. The number of amides is 3. The Kier molecular flexibility index (Phi) is 10.5. The molecule has 0 bridgehead atoms. The molecule has 3 rings (SSSR count). The maximum absolute atomic E-state index is 13.0. The fourth-order valence-corrected chi connectivity index (χ4v) is 3.33. The Bertz CT molecular complexity index is 1100. The van der Waals surface area contributed by atoms with Gasteiger partial charge in [0.1, 0.15) is 11.8 Å². The van der Waals surface area contributed by atoms with Crippen LogP contribution in [0.25, 0.3) is 0 Å². The number of anilines is 1. The van der Waals surface area contributed by atoms with Crippen molar-refractivity contribution in [1.82, 2.24) is 20.2 Å². The molecule has 1 atom stereocenters. The molecule has 0 aliphatic carbocycles. The summed E-state index contributed by atoms with van der Waals surface area (Å²) >= 11 is 0. The number of hydrogen-bond donors (Lipinski definition) is 3. The summed E-state index contributed by atoms with van der Waals surface area (Å²) in [5.41, 5.74) is 1.06. The van der Waals surface area contributed by atoms with Crippen molar-refractivity contribution in [2.75, 3.05) is 19.0 Å². The van der Waals surface area contributed by atoms with Gasteiger partial charge in [-0.15, -0.1) is 0 Å². The van der Waals surface area contributed by atoms with Crippen molar-refractivity contribution >= 4 is 23.4 Å². The van der Waals surface area contributed by atoms with E-state index in [2.05, 4.69) is 20.9 Å². The summed E-state index contributed by atoms with van der Waals surface area (Å²) in [6, 6.07) is 12.6. The Morgan fingerprint density at radius 3 is 2.46 bits per heavy atom. The number of hydrogen-bond acceptors (Lipinski definition) is 5. The SMILES string of the molecule is C.CC[C@H](NC(=O)c1ccccc1NC(=O)c1ccc(OC)cc1)C(=O)NCCCn1ccnc1. The van der Waals surface area contributed by atoms with Crippen LogP contribution in [0.4, 0.5) is 5.69 Å². The molecule has 9 heteroatoms. The Balaban J connectivity index is 0.00000432. The van der Waals surface area contributed by atoms with Gasteiger partial charge in [-0.05, 0) is 49.2 Å². The second kappa shape index (κ2) is 13.5. The van der Waals surface area contributed by atoms with Gasteiger partial charge in [-0.25, -0.2) is 4.98 Å². The molecule has 9 nitrogen and oxygen atoms in total. The molecule has 35 heavy (non-hydrogen) atoms. The van der Waals surface area contributed by atoms with E-state index in [1.165, 1.54) is 0 Å². The predicted octanol–water partition coefficient (Wildman–Crippen LogP) is 3.50. The Morgan fingerprint density at radius 1 is 1.06 bits per heavy atom. The van der Waals surface area contributed by atoms with Gasteiger partial charge in [-0.3, -0.25) is 14.4 Å². The zero-order valence-electron chi connectivity index (χ0n) is 19.3. The number of methoxy groups -OCH3 is 1. The molecular formula is C26H33N5O4. The number of nitrogens with zero attached hydrogens (tertiary/aromatic N) is 2. The zero-order chi connectivity index (χ0) is 24.3. The van der Waals surface area contributed by atoms with Gasteiger partial charge >= 0.3 is 0 Å². The zero-order valence-corrected chi connectivity index (χ0v) is 19.3. The first-order valence-corrected chi connectivity index (χ1v) is 11.1. The number of imidazole rings is 1. The van der Waals surface area contributed by atoms with Gasteiger partial charge in [-0.2, -0.15) is 0 Å². The highest BCUT2D eigenvalue weighted by Gasteiger charge is 2.21. The van der Waals surface area contributed by atoms with Crippen LogP contribution < -0.4 is 20.7 Å². The molecule has 0 unspecified atom stereocenters. The molecule has 0 fully saturated rings. The second-order valence-electron chi connectivity index (χ2n) is 7.61. The van der Waals surface area contributed by atoms with Crippen LogP contribution in [0.3, 0.4) is 0 Å². The fourth-order valence-electron chi connectivity index (χ4n) is 3.33. The minimum absolute atomic E-state index is 0. The average molecular weight is 480 g/mol. The highest BCUT2D eigenvalue weighted by molar-refractivity contribution is 6.09. The summed E-state index contributed by atoms with van der Waals surface area (Å²) < 4.78 is 7.04. The monoisotopic (exact) mass is 479 g/mol. The molecule has 0 saturated heterocycles. The van der Waals surface area contributed by atoms with Crippen LogP contribution in [0.1, 0.15) is 47.9 Å². The first-order valence-electron chi connectivity index (χ1n) is 11.1. The van der Waals surface area contributed by atoms with Gasteiger partial charge in [-0.1, -0.05) is 26.5 Å². The van der Waals surface area contributed by atoms with E-state index < -0.39 is 11.9 Å². The molecule has 1 aromatic heterocycles. The number of aromatic nitrogens is 2. The van der Waals surface area contributed by atoms with Crippen LogP contribution in [-0.2, 0) is 11.3 Å². The number of carbonyl (C=O) groups is 3. The number of para-hydroxylation sites is 1. The van der Waals surface area contributed by atoms with Crippen molar-refractivity contribution < 1.29 is 19.1 Å². The summed E-state index contributed by atoms with van der Waals surface area (Å²) in [5.74, 6) is -0.403. The lowest BCUT2D eigenvalue weighted by molar-refractivity contribution is -0.123. The summed E-state index contributed by atoms with van der Waals surface area (Å²) in [6.45, 7) is 3.05. The third-order valence-electron chi connectivity index (χ3n) is 5.25. The quantitative estimate of drug-likeness (QED) is 0.364. The van der Waals surface area contributed by atoms with E-state index in [4.69, 9.17) is 4.74 Å². The Labute approximate surface area is 205 Å². The molecule has 3 amide bonds. The standard InChI is InChI=1S/C25H29N5O4.CH4/c1-3-21(25(33)27-13-6-15-30-16-14-26-17-30)28-24(32)20-7-4-5-8-22(20)29-23(31)18-9-11-19(34-2)12-10-18;/h4-5,7-12,14,16-17,21H,3,6,13,15H2,1-2H3,(H,27,33)(H,28,32)(H,29,31);1H4/t21-;/m0./s1. The lowest BCUT2D eigenvalue weighted by Gasteiger charge is -2.18. The van der Waals surface area contributed by atoms with Crippen molar-refractivity contribution in [2.24, 2.45) is 0 Å². The van der Waals surface area contributed by atoms with Gasteiger partial charge in [0.25, 0.3) is 11.8 Å². The van der Waals surface area contributed by atoms with Crippen LogP contribution >= 0.6 is 0 Å². The van der Waals surface area contributed by atoms with E-state index in [1.807, 2.05) is 17.7 Å². The first kappa shape index (κ1) is 27.1. The summed E-state index contributed by atoms with van der Waals surface area (Å²) in [5, 5.41) is 8.41. The van der Waals surface area contributed by atoms with Gasteiger partial charge in [0, 0.05) is 31.0 Å². The van der Waals surface area contributed by atoms with Crippen LogP contribution in [0, 0.1) is 0 Å². The number of ether oxygens (including phenoxy) is 1. The molecule has 3 aromatic rings. The van der Waals surface area contributed by atoms with Gasteiger partial charge in [0.05, 0.1) is 24.7 Å². The Morgan fingerprint density at radius 2 is 1.80 bits per heavy atom. The number of carbonyl (C=O) groups excluding carboxylic acids is 3. The summed E-state index contributed by atoms with van der Waals surface area (Å²) in [7, 11) is 1.55. The van der Waals surface area contributed by atoms with E-state index in [0.29, 0.717) is 30.0 Å². The molecule has 2 aromatic carbocycles. The normalized spacial score (nSPS) is 11.0. The van der Waals surface area contributed by atoms with Crippen LogP contribution in [-0.4, -0.2) is 47.0 Å². The van der Waals surface area contributed by atoms with Gasteiger partial charge in [0.2, 0.25) is 5.91 Å². The maximum Gasteiger partial charge on any atom is 0.255 e. The van der Waals surface area contributed by atoms with Crippen LogP contribution in [0.2, 0.25) is 0 Å². The molecular weight excluding hydrogens is 446 g/mol. The predicted molar refractivity (Wildman–Crippen MR) is 136 cm³/mol. The Hall–Kier alpha value is -4.14. The van der Waals surface area contributed by atoms with Gasteiger partial charge in [0.15, 0.2) is 0 Å². The lowest BCUT2D eigenvalue weighted by Crippen LogP contribution is -2.46. The summed E-state index contributed by atoms with van der Waals surface area (Å²) in [6.07, 6.45) is 6.47. The number of aryl methyl sites for hydroxylation is 1. The third kappa shape index (κ3) is 7.70. The largest absolute Gasteiger partial charge is 0.497 e. The van der Waals surface area contributed by atoms with E-state index in [1.54, 1.807) is 68.2 Å². The number of benzene rings is 2. The molecule has 0 radical (unpaired) electrons. The molecule has 0 aliphatic heterocycles. The summed E-state index contributed by atoms with van der Waals surface area (Å²) in [4.78, 5) is 42.2. The number of nitrogens with one attached hydrogen (secondary N) is 3. The van der Waals surface area contributed by atoms with E-state index in [0.717, 1.165) is 13.0 Å². The van der Waals surface area contributed by atoms with E-state index in [-0.39, 0.29) is 24.8 Å². The topological polar surface area (TPSA) is 114 Å². The minimum atomic E-state index is -0.689. The van der Waals surface area contributed by atoms with Crippen molar-refractivity contribution in [1.29, 1.82) is 0 Å². The fraction of sp³-hybridized carbons (Fsp3) is 0.308. The smallest absolute Gasteiger partial charge is 0.255 e. The van der Waals surface area contributed by atoms with Crippen molar-refractivity contribution in [3.63, 3.8) is 0 Å². The number of rotatable bonds is 11. The van der Waals surface area contributed by atoms with Crippen molar-refractivity contribution in [3.05, 3.63) is 78.4 Å². The lowest BCUT2D eigenvalue weighted by atomic mass is 10.1. The van der Waals surface area contributed by atoms with Crippen LogP contribution in [0.5, 0.6) is 5.75 Å². The van der Waals surface area contributed by atoms with Crippen molar-refractivity contribution in [2.45, 2.75) is 39.8 Å². The highest BCUT2D eigenvalue weighted by atomic mass is 16.5. The highest BCUT2D eigenvalue weighted by Crippen LogP contribution is 2.18. The molecule has 1 heterocycles. The average Bonchev–Trinajstić information content (AvgIpc) is 3.39. The molecule has 0 spiro atoms. The molecule has 0 aliphatic rings. The molecule has 0 saturated carbocycles. The molecule has 3 N–H and O–H groups in total. The minimum Gasteiger partial charge on any atom is -0.497 e. The second-order valence-corrected chi connectivity index (χ2v) is 7.61. The first-order chi connectivity index (χ1) is 16.5. The van der Waals surface area contributed by atoms with E-state index in [9.17, 15) is 14.4 Å². The van der Waals surface area contributed by atoms with Gasteiger partial charge < -0.3 is 25.3 Å². The van der Waals surface area contributed by atoms with Crippen molar-refractivity contribution in [3.8, 4) is 5.75 Å². The van der Waals surface area contributed by atoms with Crippen LogP contribution in [0.15, 0.2) is 67.3 Å². The van der Waals surface area contributed by atoms with E-state index >= 15 is 0 Å².